The van der Waals surface area contributed by atoms with Gasteiger partial charge in [-0.25, -0.2) is 4.79 Å². The average molecular weight is 480 g/mol. The second kappa shape index (κ2) is 8.15. The monoisotopic (exact) mass is 479 g/mol. The summed E-state index contributed by atoms with van der Waals surface area (Å²) in [6, 6.07) is 20.5. The predicted molar refractivity (Wildman–Crippen MR) is 122 cm³/mol. The lowest BCUT2D eigenvalue weighted by Crippen LogP contribution is -2.43. The van der Waals surface area contributed by atoms with E-state index >= 15 is 0 Å². The highest BCUT2D eigenvalue weighted by Gasteiger charge is 2.49. The van der Waals surface area contributed by atoms with Gasteiger partial charge < -0.3 is 10.2 Å². The summed E-state index contributed by atoms with van der Waals surface area (Å²) < 4.78 is 0.897. The number of likely N-dealkylation sites (N-methyl/N-ethyl adjacent to an activating group) is 1. The summed E-state index contributed by atoms with van der Waals surface area (Å²) in [5, 5.41) is 4.80. The van der Waals surface area contributed by atoms with Gasteiger partial charge in [0.2, 0.25) is 5.91 Å². The first kappa shape index (κ1) is 21.1. The van der Waals surface area contributed by atoms with Crippen molar-refractivity contribution < 1.29 is 14.4 Å². The van der Waals surface area contributed by atoms with Gasteiger partial charge in [0.1, 0.15) is 12.1 Å². The smallest absolute Gasteiger partial charge is 0.325 e. The van der Waals surface area contributed by atoms with Gasteiger partial charge in [0, 0.05) is 18.1 Å². The zero-order valence-corrected chi connectivity index (χ0v) is 18.8. The molecule has 31 heavy (non-hydrogen) atoms. The Labute approximate surface area is 189 Å². The van der Waals surface area contributed by atoms with Crippen LogP contribution in [0.5, 0.6) is 0 Å². The van der Waals surface area contributed by atoms with Crippen LogP contribution in [0.2, 0.25) is 0 Å². The molecule has 1 unspecified atom stereocenters. The molecule has 4 rings (SSSR count). The van der Waals surface area contributed by atoms with Gasteiger partial charge in [-0.3, -0.25) is 14.5 Å². The molecule has 1 fully saturated rings. The topological polar surface area (TPSA) is 69.7 Å². The summed E-state index contributed by atoms with van der Waals surface area (Å²) in [6.45, 7) is 1.73. The molecule has 0 radical (unpaired) electrons. The number of halogens is 1. The van der Waals surface area contributed by atoms with Crippen molar-refractivity contribution in [3.63, 3.8) is 0 Å². The molecule has 7 heteroatoms. The first-order valence-corrected chi connectivity index (χ1v) is 10.7. The number of hydrogen-bond donors (Lipinski definition) is 1. The van der Waals surface area contributed by atoms with Crippen LogP contribution >= 0.6 is 15.9 Å². The Morgan fingerprint density at radius 1 is 1.03 bits per heavy atom. The number of rotatable bonds is 5. The van der Waals surface area contributed by atoms with Gasteiger partial charge in [0.25, 0.3) is 5.91 Å². The van der Waals surface area contributed by atoms with Crippen LogP contribution in [0, 0.1) is 0 Å². The van der Waals surface area contributed by atoms with E-state index in [1.165, 1.54) is 4.90 Å². The van der Waals surface area contributed by atoms with E-state index in [-0.39, 0.29) is 12.5 Å². The van der Waals surface area contributed by atoms with E-state index in [4.69, 9.17) is 0 Å². The lowest BCUT2D eigenvalue weighted by molar-refractivity contribution is -0.138. The van der Waals surface area contributed by atoms with Crippen LogP contribution in [0.15, 0.2) is 71.2 Å². The third-order valence-corrected chi connectivity index (χ3v) is 6.46. The molecule has 1 aliphatic rings. The summed E-state index contributed by atoms with van der Waals surface area (Å²) in [4.78, 5) is 41.1. The SMILES string of the molecule is CN(Cc1ccccc1Br)C(=O)CN1C(=O)NC(C)(c2ccc3ccccc3c2)C1=O. The summed E-state index contributed by atoms with van der Waals surface area (Å²) >= 11 is 3.47. The Morgan fingerprint density at radius 2 is 1.71 bits per heavy atom. The molecule has 0 spiro atoms. The zero-order valence-electron chi connectivity index (χ0n) is 17.3. The highest BCUT2D eigenvalue weighted by molar-refractivity contribution is 9.10. The largest absolute Gasteiger partial charge is 0.340 e. The van der Waals surface area contributed by atoms with Crippen molar-refractivity contribution in [3.05, 3.63) is 82.3 Å². The second-order valence-corrected chi connectivity index (χ2v) is 8.70. The van der Waals surface area contributed by atoms with E-state index in [0.29, 0.717) is 12.1 Å². The molecular formula is C24H22BrN3O3. The number of benzene rings is 3. The van der Waals surface area contributed by atoms with E-state index < -0.39 is 17.5 Å². The van der Waals surface area contributed by atoms with Gasteiger partial charge >= 0.3 is 6.03 Å². The highest BCUT2D eigenvalue weighted by Crippen LogP contribution is 2.31. The van der Waals surface area contributed by atoms with Gasteiger partial charge in [-0.1, -0.05) is 70.5 Å². The Hall–Kier alpha value is -3.19. The average Bonchev–Trinajstić information content (AvgIpc) is 2.98. The maximum Gasteiger partial charge on any atom is 0.325 e. The van der Waals surface area contributed by atoms with Crippen LogP contribution in [-0.2, 0) is 21.7 Å². The highest BCUT2D eigenvalue weighted by atomic mass is 79.9. The molecule has 1 atom stereocenters. The zero-order chi connectivity index (χ0) is 22.2. The van der Waals surface area contributed by atoms with Crippen LogP contribution in [0.1, 0.15) is 18.1 Å². The van der Waals surface area contributed by atoms with E-state index in [0.717, 1.165) is 25.7 Å². The van der Waals surface area contributed by atoms with Crippen LogP contribution in [-0.4, -0.2) is 41.2 Å². The Balaban J connectivity index is 1.52. The molecule has 0 aliphatic carbocycles. The minimum Gasteiger partial charge on any atom is -0.340 e. The van der Waals surface area contributed by atoms with E-state index in [1.807, 2.05) is 66.7 Å². The fourth-order valence-corrected chi connectivity index (χ4v) is 4.17. The Morgan fingerprint density at radius 3 is 2.45 bits per heavy atom. The Kier molecular flexibility index (Phi) is 5.54. The molecule has 1 N–H and O–H groups in total. The quantitative estimate of drug-likeness (QED) is 0.561. The van der Waals surface area contributed by atoms with Gasteiger partial charge in [0.05, 0.1) is 0 Å². The summed E-state index contributed by atoms with van der Waals surface area (Å²) in [7, 11) is 1.66. The lowest BCUT2D eigenvalue weighted by atomic mass is 9.90. The van der Waals surface area contributed by atoms with Crippen molar-refractivity contribution in [1.82, 2.24) is 15.1 Å². The van der Waals surface area contributed by atoms with Crippen molar-refractivity contribution in [2.45, 2.75) is 19.0 Å². The van der Waals surface area contributed by atoms with Crippen LogP contribution in [0.3, 0.4) is 0 Å². The minimum absolute atomic E-state index is 0.311. The molecule has 0 aromatic heterocycles. The summed E-state index contributed by atoms with van der Waals surface area (Å²) in [5.74, 6) is -0.752. The van der Waals surface area contributed by atoms with Gasteiger partial charge in [-0.15, -0.1) is 0 Å². The van der Waals surface area contributed by atoms with E-state index in [1.54, 1.807) is 14.0 Å². The standard InChI is InChI=1S/C24H22BrN3O3/c1-24(19-12-11-16-7-3-4-8-17(16)13-19)22(30)28(23(31)26-24)15-21(29)27(2)14-18-9-5-6-10-20(18)25/h3-13H,14-15H2,1-2H3,(H,26,31). The van der Waals surface area contributed by atoms with Crippen molar-refractivity contribution in [3.8, 4) is 0 Å². The number of nitrogens with one attached hydrogen (secondary N) is 1. The molecule has 0 saturated carbocycles. The number of fused-ring (bicyclic) bond motifs is 1. The molecule has 1 heterocycles. The number of nitrogens with zero attached hydrogens (tertiary/aromatic N) is 2. The molecule has 4 amide bonds. The maximum absolute atomic E-state index is 13.2. The molecule has 3 aromatic rings. The molecule has 1 saturated heterocycles. The minimum atomic E-state index is -1.22. The predicted octanol–water partition coefficient (Wildman–Crippen LogP) is 4.03. The van der Waals surface area contributed by atoms with Crippen LogP contribution < -0.4 is 5.32 Å². The van der Waals surface area contributed by atoms with E-state index in [9.17, 15) is 14.4 Å². The number of urea groups is 1. The Bertz CT molecular complexity index is 1200. The normalized spacial score (nSPS) is 18.4. The summed E-state index contributed by atoms with van der Waals surface area (Å²) in [5.41, 5.74) is 0.403. The van der Waals surface area contributed by atoms with Crippen molar-refractivity contribution >= 4 is 44.5 Å². The fraction of sp³-hybridized carbons (Fsp3) is 0.208. The third-order valence-electron chi connectivity index (χ3n) is 5.69. The molecule has 158 valence electrons. The fourth-order valence-electron chi connectivity index (χ4n) is 3.76. The maximum atomic E-state index is 13.2. The number of carbonyl (C=O) groups excluding carboxylic acids is 3. The first-order chi connectivity index (χ1) is 14.8. The molecule has 3 aromatic carbocycles. The lowest BCUT2D eigenvalue weighted by Gasteiger charge is -2.24. The first-order valence-electron chi connectivity index (χ1n) is 9.90. The number of carbonyl (C=O) groups is 3. The van der Waals surface area contributed by atoms with Gasteiger partial charge in [0.15, 0.2) is 0 Å². The van der Waals surface area contributed by atoms with Crippen LogP contribution in [0.25, 0.3) is 10.8 Å². The summed E-state index contributed by atoms with van der Waals surface area (Å²) in [6.07, 6.45) is 0. The third kappa shape index (κ3) is 3.93. The van der Waals surface area contributed by atoms with Crippen LogP contribution in [0.4, 0.5) is 4.79 Å². The molecular weight excluding hydrogens is 458 g/mol. The van der Waals surface area contributed by atoms with Gasteiger partial charge in [-0.2, -0.15) is 0 Å². The van der Waals surface area contributed by atoms with Crippen molar-refractivity contribution in [2.24, 2.45) is 0 Å². The van der Waals surface area contributed by atoms with Gasteiger partial charge in [-0.05, 0) is 41.0 Å². The molecule has 6 nitrogen and oxygen atoms in total. The van der Waals surface area contributed by atoms with E-state index in [2.05, 4.69) is 21.2 Å². The molecule has 1 aliphatic heterocycles. The number of amides is 4. The number of hydrogen-bond acceptors (Lipinski definition) is 3. The second-order valence-electron chi connectivity index (χ2n) is 7.85. The van der Waals surface area contributed by atoms with Crippen molar-refractivity contribution in [2.75, 3.05) is 13.6 Å². The number of imide groups is 1. The van der Waals surface area contributed by atoms with Crippen molar-refractivity contribution in [1.29, 1.82) is 0 Å². The molecule has 0 bridgehead atoms.